The molecule has 0 bridgehead atoms. The third-order valence-electron chi connectivity index (χ3n) is 3.86. The van der Waals surface area contributed by atoms with Crippen molar-refractivity contribution in [1.29, 1.82) is 0 Å². The number of thioether (sulfide) groups is 1. The molecule has 0 atom stereocenters. The maximum Gasteiger partial charge on any atom is 0.253 e. The highest BCUT2D eigenvalue weighted by Crippen LogP contribution is 2.26. The maximum absolute atomic E-state index is 5.80. The Bertz CT molecular complexity index is 859. The van der Waals surface area contributed by atoms with Crippen molar-refractivity contribution in [3.63, 3.8) is 0 Å². The van der Waals surface area contributed by atoms with Crippen LogP contribution in [-0.2, 0) is 11.2 Å². The summed E-state index contributed by atoms with van der Waals surface area (Å²) in [6, 6.07) is 0. The van der Waals surface area contributed by atoms with Crippen LogP contribution >= 0.6 is 11.8 Å². The van der Waals surface area contributed by atoms with E-state index in [-0.39, 0.29) is 5.41 Å². The van der Waals surface area contributed by atoms with Crippen molar-refractivity contribution in [3.8, 4) is 0 Å². The summed E-state index contributed by atoms with van der Waals surface area (Å²) in [6.07, 6.45) is 1.80. The van der Waals surface area contributed by atoms with Gasteiger partial charge in [0.15, 0.2) is 0 Å². The van der Waals surface area contributed by atoms with Crippen LogP contribution in [-0.4, -0.2) is 24.6 Å². The summed E-state index contributed by atoms with van der Waals surface area (Å²) >= 11 is 1.50. The fourth-order valence-electron chi connectivity index (χ4n) is 2.15. The van der Waals surface area contributed by atoms with E-state index in [4.69, 9.17) is 4.42 Å². The second kappa shape index (κ2) is 5.63. The Balaban J connectivity index is 1.80. The third-order valence-corrected chi connectivity index (χ3v) is 4.68. The first-order chi connectivity index (χ1) is 10.8. The van der Waals surface area contributed by atoms with Crippen LogP contribution in [0.1, 0.15) is 49.4 Å². The van der Waals surface area contributed by atoms with Gasteiger partial charge in [0.05, 0.1) is 11.9 Å². The first-order valence-electron chi connectivity index (χ1n) is 7.54. The molecule has 0 saturated carbocycles. The molecule has 3 aromatic heterocycles. The number of nitrogens with zero attached hydrogens (tertiary/aromatic N) is 5. The Kier molecular flexibility index (Phi) is 3.91. The van der Waals surface area contributed by atoms with Gasteiger partial charge in [0.2, 0.25) is 11.0 Å². The van der Waals surface area contributed by atoms with Gasteiger partial charge in [0, 0.05) is 16.8 Å². The van der Waals surface area contributed by atoms with Gasteiger partial charge in [0.1, 0.15) is 5.76 Å². The molecular formula is C16H21N5OS. The minimum absolute atomic E-state index is 0.0344. The van der Waals surface area contributed by atoms with Crippen LogP contribution in [0.15, 0.2) is 15.8 Å². The van der Waals surface area contributed by atoms with E-state index in [1.807, 2.05) is 20.8 Å². The Hall–Kier alpha value is -1.89. The molecule has 7 heteroatoms. The quantitative estimate of drug-likeness (QED) is 0.683. The zero-order valence-electron chi connectivity index (χ0n) is 14.3. The summed E-state index contributed by atoms with van der Waals surface area (Å²) in [5.41, 5.74) is 3.16. The predicted molar refractivity (Wildman–Crippen MR) is 89.8 cm³/mol. The van der Waals surface area contributed by atoms with Crippen molar-refractivity contribution < 1.29 is 4.42 Å². The highest BCUT2D eigenvalue weighted by molar-refractivity contribution is 7.98. The zero-order chi connectivity index (χ0) is 16.8. The highest BCUT2D eigenvalue weighted by Gasteiger charge is 2.19. The number of hydrogen-bond acceptors (Lipinski definition) is 6. The van der Waals surface area contributed by atoms with E-state index >= 15 is 0 Å². The molecule has 122 valence electrons. The molecule has 0 amide bonds. The number of fused-ring (bicyclic) bond motifs is 1. The molecule has 0 spiro atoms. The molecule has 0 aliphatic carbocycles. The second-order valence-corrected chi connectivity index (χ2v) is 7.61. The molecule has 3 rings (SSSR count). The van der Waals surface area contributed by atoms with Crippen LogP contribution in [0, 0.1) is 20.8 Å². The van der Waals surface area contributed by atoms with E-state index in [0.717, 1.165) is 22.7 Å². The molecule has 23 heavy (non-hydrogen) atoms. The molecule has 0 radical (unpaired) electrons. The summed E-state index contributed by atoms with van der Waals surface area (Å²) in [5, 5.41) is 5.20. The van der Waals surface area contributed by atoms with Gasteiger partial charge < -0.3 is 4.42 Å². The van der Waals surface area contributed by atoms with Crippen LogP contribution in [0.2, 0.25) is 0 Å². The molecule has 0 fully saturated rings. The molecular weight excluding hydrogens is 310 g/mol. The van der Waals surface area contributed by atoms with Crippen molar-refractivity contribution in [3.05, 3.63) is 34.8 Å². The van der Waals surface area contributed by atoms with Crippen molar-refractivity contribution in [2.75, 3.05) is 0 Å². The van der Waals surface area contributed by atoms with Gasteiger partial charge in [-0.25, -0.2) is 14.5 Å². The van der Waals surface area contributed by atoms with E-state index in [2.05, 4.69) is 40.8 Å². The normalized spacial score (nSPS) is 12.3. The highest BCUT2D eigenvalue weighted by atomic mass is 32.2. The topological polar surface area (TPSA) is 69.1 Å². The van der Waals surface area contributed by atoms with Gasteiger partial charge in [-0.1, -0.05) is 32.5 Å². The monoisotopic (exact) mass is 331 g/mol. The van der Waals surface area contributed by atoms with Gasteiger partial charge in [-0.05, 0) is 26.3 Å². The molecule has 0 saturated heterocycles. The van der Waals surface area contributed by atoms with Gasteiger partial charge in [-0.15, -0.1) is 5.10 Å². The summed E-state index contributed by atoms with van der Waals surface area (Å²) < 4.78 is 7.59. The molecule has 0 N–H and O–H groups in total. The van der Waals surface area contributed by atoms with Crippen LogP contribution in [0.4, 0.5) is 0 Å². The largest absolute Gasteiger partial charge is 0.444 e. The van der Waals surface area contributed by atoms with E-state index in [1.54, 1.807) is 10.7 Å². The van der Waals surface area contributed by atoms with Gasteiger partial charge in [-0.2, -0.15) is 4.98 Å². The Morgan fingerprint density at radius 2 is 1.91 bits per heavy atom. The minimum atomic E-state index is -0.0344. The SMILES string of the molecule is Cc1nc2nc(SCc3ncc(C(C)(C)C)o3)nn2c(C)c1C. The fourth-order valence-corrected chi connectivity index (χ4v) is 2.82. The average Bonchev–Trinajstić information content (AvgIpc) is 3.08. The van der Waals surface area contributed by atoms with Gasteiger partial charge >= 0.3 is 0 Å². The predicted octanol–water partition coefficient (Wildman–Crippen LogP) is 3.63. The lowest BCUT2D eigenvalue weighted by Crippen LogP contribution is -2.09. The lowest BCUT2D eigenvalue weighted by atomic mass is 9.94. The van der Waals surface area contributed by atoms with Crippen molar-refractivity contribution in [2.45, 2.75) is 57.9 Å². The summed E-state index contributed by atoms with van der Waals surface area (Å²) in [5.74, 6) is 2.82. The lowest BCUT2D eigenvalue weighted by molar-refractivity contribution is 0.390. The lowest BCUT2D eigenvalue weighted by Gasteiger charge is -2.12. The maximum atomic E-state index is 5.80. The molecule has 0 unspecified atom stereocenters. The number of oxazole rings is 1. The van der Waals surface area contributed by atoms with Crippen LogP contribution in [0.3, 0.4) is 0 Å². The van der Waals surface area contributed by atoms with Crippen LogP contribution in [0.5, 0.6) is 0 Å². The number of rotatable bonds is 3. The fraction of sp³-hybridized carbons (Fsp3) is 0.500. The zero-order valence-corrected chi connectivity index (χ0v) is 15.2. The molecule has 0 aliphatic heterocycles. The van der Waals surface area contributed by atoms with Gasteiger partial charge in [-0.3, -0.25) is 0 Å². The summed E-state index contributed by atoms with van der Waals surface area (Å²) in [6.45, 7) is 12.4. The Morgan fingerprint density at radius 1 is 1.17 bits per heavy atom. The first-order valence-corrected chi connectivity index (χ1v) is 8.53. The van der Waals surface area contributed by atoms with E-state index in [0.29, 0.717) is 22.6 Å². The van der Waals surface area contributed by atoms with Crippen LogP contribution in [0.25, 0.3) is 5.78 Å². The van der Waals surface area contributed by atoms with Crippen molar-refractivity contribution in [2.24, 2.45) is 0 Å². The molecule has 0 aromatic carbocycles. The van der Waals surface area contributed by atoms with Crippen molar-refractivity contribution in [1.82, 2.24) is 24.6 Å². The first kappa shape index (κ1) is 16.0. The molecule has 6 nitrogen and oxygen atoms in total. The molecule has 0 aliphatic rings. The Morgan fingerprint density at radius 3 is 2.57 bits per heavy atom. The second-order valence-electron chi connectivity index (χ2n) is 6.67. The van der Waals surface area contributed by atoms with E-state index in [9.17, 15) is 0 Å². The van der Waals surface area contributed by atoms with E-state index in [1.165, 1.54) is 11.8 Å². The van der Waals surface area contributed by atoms with Crippen LogP contribution < -0.4 is 0 Å². The number of aromatic nitrogens is 5. The van der Waals surface area contributed by atoms with E-state index < -0.39 is 0 Å². The van der Waals surface area contributed by atoms with Crippen molar-refractivity contribution >= 4 is 17.5 Å². The summed E-state index contributed by atoms with van der Waals surface area (Å²) in [7, 11) is 0. The number of aryl methyl sites for hydroxylation is 2. The smallest absolute Gasteiger partial charge is 0.253 e. The Labute approximate surface area is 139 Å². The third kappa shape index (κ3) is 3.10. The summed E-state index contributed by atoms with van der Waals surface area (Å²) in [4.78, 5) is 13.3. The average molecular weight is 331 g/mol. The molecule has 3 heterocycles. The minimum Gasteiger partial charge on any atom is -0.444 e. The number of hydrogen-bond donors (Lipinski definition) is 0. The molecule has 3 aromatic rings. The van der Waals surface area contributed by atoms with Gasteiger partial charge in [0.25, 0.3) is 5.78 Å². The standard InChI is InChI=1S/C16H21N5OS/c1-9-10(2)18-14-19-15(20-21(14)11(9)3)23-8-13-17-7-12(22-13)16(4,5)6/h7H,8H2,1-6H3.